The van der Waals surface area contributed by atoms with Gasteiger partial charge in [0.05, 0.1) is 0 Å². The summed E-state index contributed by atoms with van der Waals surface area (Å²) >= 11 is 0. The van der Waals surface area contributed by atoms with Crippen molar-refractivity contribution in [1.82, 2.24) is 5.32 Å². The fourth-order valence-corrected chi connectivity index (χ4v) is 2.46. The van der Waals surface area contributed by atoms with E-state index in [1.807, 2.05) is 0 Å². The Hall–Kier alpha value is -0.0400. The number of rotatable bonds is 7. The van der Waals surface area contributed by atoms with Gasteiger partial charge in [0.1, 0.15) is 0 Å². The van der Waals surface area contributed by atoms with E-state index >= 15 is 0 Å². The first-order valence-electron chi connectivity index (χ1n) is 6.59. The predicted octanol–water partition coefficient (Wildman–Crippen LogP) is 3.88. The van der Waals surface area contributed by atoms with E-state index in [9.17, 15) is 0 Å². The molecule has 1 N–H and O–H groups in total. The van der Waals surface area contributed by atoms with Crippen LogP contribution in [0.5, 0.6) is 0 Å². The molecule has 0 aromatic heterocycles. The number of unbranched alkanes of at least 4 members (excludes halogenated alkanes) is 3. The molecule has 0 radical (unpaired) electrons. The van der Waals surface area contributed by atoms with E-state index in [0.29, 0.717) is 0 Å². The van der Waals surface area contributed by atoms with Gasteiger partial charge in [0.2, 0.25) is 0 Å². The molecule has 0 bridgehead atoms. The molecule has 1 saturated carbocycles. The first-order chi connectivity index (χ1) is 6.83. The highest BCUT2D eigenvalue weighted by Gasteiger charge is 2.16. The van der Waals surface area contributed by atoms with E-state index in [0.717, 1.165) is 12.1 Å². The van der Waals surface area contributed by atoms with Gasteiger partial charge in [-0.25, -0.2) is 0 Å². The van der Waals surface area contributed by atoms with Crippen LogP contribution in [0.4, 0.5) is 0 Å². The van der Waals surface area contributed by atoms with Crippen LogP contribution >= 0.6 is 0 Å². The Bertz CT molecular complexity index is 127. The summed E-state index contributed by atoms with van der Waals surface area (Å²) in [5, 5.41) is 3.76. The summed E-state index contributed by atoms with van der Waals surface area (Å²) in [5.41, 5.74) is 0. The Kier molecular flexibility index (Phi) is 6.25. The molecule has 0 unspecified atom stereocenters. The van der Waals surface area contributed by atoms with E-state index in [2.05, 4.69) is 19.2 Å². The molecule has 0 amide bonds. The largest absolute Gasteiger partial charge is 0.312 e. The molecule has 14 heavy (non-hydrogen) atoms. The summed E-state index contributed by atoms with van der Waals surface area (Å²) in [6.45, 7) is 4.63. The molecule has 0 aliphatic heterocycles. The van der Waals surface area contributed by atoms with Crippen LogP contribution in [0, 0.1) is 0 Å². The monoisotopic (exact) mass is 197 g/mol. The first kappa shape index (κ1) is 12.0. The second-order valence-electron chi connectivity index (χ2n) is 4.90. The van der Waals surface area contributed by atoms with E-state index in [1.165, 1.54) is 57.8 Å². The predicted molar refractivity (Wildman–Crippen MR) is 63.6 cm³/mol. The molecule has 1 heteroatoms. The SMILES string of the molecule is CCCCCC[C@H](C)NC1CCCC1. The van der Waals surface area contributed by atoms with Crippen molar-refractivity contribution >= 4 is 0 Å². The third-order valence-corrected chi connectivity index (χ3v) is 3.37. The molecule has 0 saturated heterocycles. The summed E-state index contributed by atoms with van der Waals surface area (Å²) < 4.78 is 0. The molecule has 1 nitrogen and oxygen atoms in total. The topological polar surface area (TPSA) is 12.0 Å². The fraction of sp³-hybridized carbons (Fsp3) is 1.00. The van der Waals surface area contributed by atoms with Crippen LogP contribution in [0.1, 0.15) is 71.6 Å². The average Bonchev–Trinajstić information content (AvgIpc) is 2.65. The first-order valence-corrected chi connectivity index (χ1v) is 6.59. The zero-order chi connectivity index (χ0) is 10.2. The number of hydrogen-bond acceptors (Lipinski definition) is 1. The molecular formula is C13H27N. The van der Waals surface area contributed by atoms with Gasteiger partial charge < -0.3 is 5.32 Å². The Morgan fingerprint density at radius 1 is 1.14 bits per heavy atom. The van der Waals surface area contributed by atoms with Gasteiger partial charge in [-0.1, -0.05) is 45.4 Å². The maximum Gasteiger partial charge on any atom is 0.00695 e. The summed E-state index contributed by atoms with van der Waals surface area (Å²) in [6, 6.07) is 1.59. The van der Waals surface area contributed by atoms with E-state index in [1.54, 1.807) is 0 Å². The molecular weight excluding hydrogens is 170 g/mol. The molecule has 1 rings (SSSR count). The minimum absolute atomic E-state index is 0.745. The third-order valence-electron chi connectivity index (χ3n) is 3.37. The molecule has 1 atom stereocenters. The fourth-order valence-electron chi connectivity index (χ4n) is 2.46. The Balaban J connectivity index is 1.95. The maximum absolute atomic E-state index is 3.76. The number of nitrogens with one attached hydrogen (secondary N) is 1. The maximum atomic E-state index is 3.76. The molecule has 1 fully saturated rings. The van der Waals surface area contributed by atoms with Gasteiger partial charge in [0.25, 0.3) is 0 Å². The van der Waals surface area contributed by atoms with Gasteiger partial charge in [-0.3, -0.25) is 0 Å². The lowest BCUT2D eigenvalue weighted by molar-refractivity contribution is 0.418. The summed E-state index contributed by atoms with van der Waals surface area (Å²) in [7, 11) is 0. The quantitative estimate of drug-likeness (QED) is 0.611. The zero-order valence-electron chi connectivity index (χ0n) is 10.0. The molecule has 0 heterocycles. The second-order valence-corrected chi connectivity index (χ2v) is 4.90. The van der Waals surface area contributed by atoms with Gasteiger partial charge >= 0.3 is 0 Å². The van der Waals surface area contributed by atoms with Crippen molar-refractivity contribution in [3.63, 3.8) is 0 Å². The van der Waals surface area contributed by atoms with E-state index in [4.69, 9.17) is 0 Å². The summed E-state index contributed by atoms with van der Waals surface area (Å²) in [6.07, 6.45) is 12.7. The van der Waals surface area contributed by atoms with Crippen molar-refractivity contribution < 1.29 is 0 Å². The van der Waals surface area contributed by atoms with Crippen LogP contribution in [0.15, 0.2) is 0 Å². The minimum atomic E-state index is 0.745. The zero-order valence-corrected chi connectivity index (χ0v) is 10.0. The van der Waals surface area contributed by atoms with Crippen LogP contribution in [-0.4, -0.2) is 12.1 Å². The van der Waals surface area contributed by atoms with Crippen molar-refractivity contribution in [2.75, 3.05) is 0 Å². The second kappa shape index (κ2) is 7.28. The van der Waals surface area contributed by atoms with Crippen molar-refractivity contribution in [2.45, 2.75) is 83.7 Å². The van der Waals surface area contributed by atoms with Gasteiger partial charge in [-0.15, -0.1) is 0 Å². The van der Waals surface area contributed by atoms with Gasteiger partial charge in [-0.05, 0) is 26.2 Å². The lowest BCUT2D eigenvalue weighted by Gasteiger charge is -2.18. The lowest BCUT2D eigenvalue weighted by atomic mass is 10.1. The molecule has 84 valence electrons. The summed E-state index contributed by atoms with van der Waals surface area (Å²) in [5.74, 6) is 0. The highest BCUT2D eigenvalue weighted by Crippen LogP contribution is 2.18. The van der Waals surface area contributed by atoms with Crippen molar-refractivity contribution in [3.05, 3.63) is 0 Å². The third kappa shape index (κ3) is 4.99. The van der Waals surface area contributed by atoms with Crippen LogP contribution < -0.4 is 5.32 Å². The van der Waals surface area contributed by atoms with Crippen molar-refractivity contribution in [2.24, 2.45) is 0 Å². The Morgan fingerprint density at radius 2 is 1.86 bits per heavy atom. The number of hydrogen-bond donors (Lipinski definition) is 1. The van der Waals surface area contributed by atoms with Gasteiger partial charge in [0, 0.05) is 12.1 Å². The normalized spacial score (nSPS) is 20.1. The van der Waals surface area contributed by atoms with Gasteiger partial charge in [0.15, 0.2) is 0 Å². The molecule has 0 aromatic rings. The minimum Gasteiger partial charge on any atom is -0.312 e. The van der Waals surface area contributed by atoms with E-state index in [-0.39, 0.29) is 0 Å². The van der Waals surface area contributed by atoms with Crippen molar-refractivity contribution in [3.8, 4) is 0 Å². The molecule has 1 aliphatic carbocycles. The highest BCUT2D eigenvalue weighted by atomic mass is 14.9. The summed E-state index contributed by atoms with van der Waals surface area (Å²) in [4.78, 5) is 0. The smallest absolute Gasteiger partial charge is 0.00695 e. The van der Waals surface area contributed by atoms with Crippen LogP contribution in [0.25, 0.3) is 0 Å². The molecule has 1 aliphatic rings. The van der Waals surface area contributed by atoms with Crippen LogP contribution in [0.2, 0.25) is 0 Å². The molecule has 0 aromatic carbocycles. The van der Waals surface area contributed by atoms with Crippen molar-refractivity contribution in [1.29, 1.82) is 0 Å². The average molecular weight is 197 g/mol. The Labute approximate surface area is 89.7 Å². The lowest BCUT2D eigenvalue weighted by Crippen LogP contribution is -2.34. The van der Waals surface area contributed by atoms with Crippen LogP contribution in [0.3, 0.4) is 0 Å². The highest BCUT2D eigenvalue weighted by molar-refractivity contribution is 4.76. The van der Waals surface area contributed by atoms with Gasteiger partial charge in [-0.2, -0.15) is 0 Å². The Morgan fingerprint density at radius 3 is 2.50 bits per heavy atom. The standard InChI is InChI=1S/C13H27N/c1-3-4-5-6-9-12(2)14-13-10-7-8-11-13/h12-14H,3-11H2,1-2H3/t12-/m0/s1. The molecule has 0 spiro atoms. The van der Waals surface area contributed by atoms with Crippen LogP contribution in [-0.2, 0) is 0 Å². The van der Waals surface area contributed by atoms with E-state index < -0.39 is 0 Å².